The average Bonchev–Trinajstić information content (AvgIpc) is 2.91. The fourth-order valence-electron chi connectivity index (χ4n) is 2.70. The van der Waals surface area contributed by atoms with E-state index < -0.39 is 18.1 Å². The molecule has 3 N–H and O–H groups in total. The largest absolute Gasteiger partial charge is 0.391 e. The number of carbonyl (C=O) groups excluding carboxylic acids is 1. The molecule has 0 saturated carbocycles. The molecule has 0 aromatic carbocycles. The van der Waals surface area contributed by atoms with Crippen LogP contribution in [0.15, 0.2) is 6.33 Å². The van der Waals surface area contributed by atoms with E-state index in [4.69, 9.17) is 5.73 Å². The summed E-state index contributed by atoms with van der Waals surface area (Å²) in [5.41, 5.74) is 6.56. The van der Waals surface area contributed by atoms with Crippen LogP contribution in [0.5, 0.6) is 0 Å². The molecule has 0 aliphatic carbocycles. The number of hydrogen-bond acceptors (Lipinski definition) is 6. The van der Waals surface area contributed by atoms with Gasteiger partial charge in [-0.05, 0) is 19.4 Å². The van der Waals surface area contributed by atoms with Gasteiger partial charge in [-0.2, -0.15) is 0 Å². The summed E-state index contributed by atoms with van der Waals surface area (Å²) in [7, 11) is 0. The first kappa shape index (κ1) is 13.3. The van der Waals surface area contributed by atoms with Gasteiger partial charge >= 0.3 is 0 Å². The molecule has 2 unspecified atom stereocenters. The SMILES string of the molecule is Cc1sc2ncnc(N3CC(O)CC3C(N)=O)c2c1C. The van der Waals surface area contributed by atoms with Crippen LogP contribution in [-0.4, -0.2) is 39.7 Å². The maximum absolute atomic E-state index is 11.6. The fraction of sp³-hybridized carbons (Fsp3) is 0.462. The first-order valence-electron chi connectivity index (χ1n) is 6.43. The highest BCUT2D eigenvalue weighted by Crippen LogP contribution is 2.36. The molecule has 1 saturated heterocycles. The van der Waals surface area contributed by atoms with Crippen molar-refractivity contribution in [1.29, 1.82) is 0 Å². The molecule has 1 aliphatic rings. The van der Waals surface area contributed by atoms with E-state index >= 15 is 0 Å². The van der Waals surface area contributed by atoms with Gasteiger partial charge in [-0.1, -0.05) is 0 Å². The van der Waals surface area contributed by atoms with Gasteiger partial charge in [0, 0.05) is 17.8 Å². The first-order chi connectivity index (χ1) is 9.49. The van der Waals surface area contributed by atoms with Crippen LogP contribution in [0.25, 0.3) is 10.2 Å². The van der Waals surface area contributed by atoms with Crippen molar-refractivity contribution in [3.63, 3.8) is 0 Å². The Balaban J connectivity index is 2.16. The number of aliphatic hydroxyl groups is 1. The number of anilines is 1. The molecule has 3 rings (SSSR count). The number of aromatic nitrogens is 2. The van der Waals surface area contributed by atoms with Gasteiger partial charge in [-0.25, -0.2) is 9.97 Å². The number of fused-ring (bicyclic) bond motifs is 1. The third-order valence-electron chi connectivity index (χ3n) is 3.82. The molecule has 2 aromatic rings. The number of nitrogens with two attached hydrogens (primary N) is 1. The molecule has 6 nitrogen and oxygen atoms in total. The summed E-state index contributed by atoms with van der Waals surface area (Å²) in [6, 6.07) is -0.511. The van der Waals surface area contributed by atoms with E-state index in [9.17, 15) is 9.90 Å². The van der Waals surface area contributed by atoms with Crippen LogP contribution in [-0.2, 0) is 4.79 Å². The number of rotatable bonds is 2. The summed E-state index contributed by atoms with van der Waals surface area (Å²) < 4.78 is 0. The molecule has 0 spiro atoms. The topological polar surface area (TPSA) is 92.3 Å². The van der Waals surface area contributed by atoms with Crippen LogP contribution in [0, 0.1) is 13.8 Å². The van der Waals surface area contributed by atoms with Gasteiger partial charge in [-0.15, -0.1) is 11.3 Å². The molecule has 2 atom stereocenters. The number of β-amino-alcohol motifs (C(OH)–C–C–N with tert-alkyl or cyclic N) is 1. The smallest absolute Gasteiger partial charge is 0.240 e. The van der Waals surface area contributed by atoms with Crippen molar-refractivity contribution in [2.24, 2.45) is 5.73 Å². The summed E-state index contributed by atoms with van der Waals surface area (Å²) in [5, 5.41) is 10.8. The Morgan fingerprint density at radius 2 is 2.25 bits per heavy atom. The number of aryl methyl sites for hydroxylation is 2. The monoisotopic (exact) mass is 292 g/mol. The minimum absolute atomic E-state index is 0.350. The number of hydrogen-bond donors (Lipinski definition) is 2. The van der Waals surface area contributed by atoms with Crippen LogP contribution in [0.1, 0.15) is 16.9 Å². The highest BCUT2D eigenvalue weighted by molar-refractivity contribution is 7.18. The van der Waals surface area contributed by atoms with Crippen molar-refractivity contribution >= 4 is 33.3 Å². The number of thiophene rings is 1. The van der Waals surface area contributed by atoms with Crippen LogP contribution in [0.2, 0.25) is 0 Å². The lowest BCUT2D eigenvalue weighted by Gasteiger charge is -2.23. The average molecular weight is 292 g/mol. The lowest BCUT2D eigenvalue weighted by atomic mass is 10.1. The maximum Gasteiger partial charge on any atom is 0.240 e. The Bertz CT molecular complexity index is 684. The van der Waals surface area contributed by atoms with E-state index in [2.05, 4.69) is 9.97 Å². The van der Waals surface area contributed by atoms with Crippen LogP contribution in [0.4, 0.5) is 5.82 Å². The van der Waals surface area contributed by atoms with Crippen LogP contribution < -0.4 is 10.6 Å². The van der Waals surface area contributed by atoms with Crippen molar-refractivity contribution in [2.45, 2.75) is 32.4 Å². The third-order valence-corrected chi connectivity index (χ3v) is 4.94. The van der Waals surface area contributed by atoms with E-state index in [1.807, 2.05) is 13.8 Å². The summed E-state index contributed by atoms with van der Waals surface area (Å²) in [4.78, 5) is 24.1. The molecule has 1 amide bonds. The zero-order chi connectivity index (χ0) is 14.4. The molecule has 3 heterocycles. The molecule has 1 aliphatic heterocycles. The van der Waals surface area contributed by atoms with Crippen LogP contribution >= 0.6 is 11.3 Å². The van der Waals surface area contributed by atoms with Gasteiger partial charge in [0.05, 0.1) is 11.5 Å². The second kappa shape index (κ2) is 4.68. The van der Waals surface area contributed by atoms with Gasteiger partial charge in [0.2, 0.25) is 5.91 Å². The number of carbonyl (C=O) groups is 1. The van der Waals surface area contributed by atoms with E-state index in [-0.39, 0.29) is 0 Å². The summed E-state index contributed by atoms with van der Waals surface area (Å²) in [6.45, 7) is 4.43. The minimum atomic E-state index is -0.558. The number of nitrogens with zero attached hydrogens (tertiary/aromatic N) is 3. The van der Waals surface area contributed by atoms with Crippen molar-refractivity contribution in [3.8, 4) is 0 Å². The third kappa shape index (κ3) is 1.94. The molecule has 0 bridgehead atoms. The molecule has 2 aromatic heterocycles. The first-order valence-corrected chi connectivity index (χ1v) is 7.25. The highest BCUT2D eigenvalue weighted by atomic mass is 32.1. The standard InChI is InChI=1S/C13H16N4O2S/c1-6-7(2)20-13-10(6)12(15-5-16-13)17-4-8(18)3-9(17)11(14)19/h5,8-9,18H,3-4H2,1-2H3,(H2,14,19). The molecular weight excluding hydrogens is 276 g/mol. The minimum Gasteiger partial charge on any atom is -0.391 e. The summed E-state index contributed by atoms with van der Waals surface area (Å²) in [6.07, 6.45) is 1.29. The Hall–Kier alpha value is -1.73. The fourth-order valence-corrected chi connectivity index (χ4v) is 3.69. The van der Waals surface area contributed by atoms with Crippen molar-refractivity contribution in [3.05, 3.63) is 16.8 Å². The highest BCUT2D eigenvalue weighted by Gasteiger charge is 2.36. The number of primary amides is 1. The molecule has 0 radical (unpaired) electrons. The normalized spacial score (nSPS) is 22.6. The molecule has 20 heavy (non-hydrogen) atoms. The van der Waals surface area contributed by atoms with Gasteiger partial charge in [0.15, 0.2) is 0 Å². The quantitative estimate of drug-likeness (QED) is 0.851. The molecule has 1 fully saturated rings. The molecular formula is C13H16N4O2S. The molecule has 106 valence electrons. The van der Waals surface area contributed by atoms with Crippen molar-refractivity contribution in [2.75, 3.05) is 11.4 Å². The van der Waals surface area contributed by atoms with Gasteiger partial charge < -0.3 is 15.7 Å². The lowest BCUT2D eigenvalue weighted by Crippen LogP contribution is -2.40. The number of aliphatic hydroxyl groups excluding tert-OH is 1. The zero-order valence-corrected chi connectivity index (χ0v) is 12.1. The van der Waals surface area contributed by atoms with E-state index in [1.54, 1.807) is 16.2 Å². The maximum atomic E-state index is 11.6. The number of amides is 1. The van der Waals surface area contributed by atoms with Gasteiger partial charge in [0.25, 0.3) is 0 Å². The van der Waals surface area contributed by atoms with E-state index in [0.29, 0.717) is 18.8 Å². The van der Waals surface area contributed by atoms with E-state index in [1.165, 1.54) is 11.2 Å². The predicted molar refractivity (Wildman–Crippen MR) is 77.8 cm³/mol. The zero-order valence-electron chi connectivity index (χ0n) is 11.3. The van der Waals surface area contributed by atoms with E-state index in [0.717, 1.165) is 15.8 Å². The second-order valence-electron chi connectivity index (χ2n) is 5.12. The Morgan fingerprint density at radius 3 is 2.95 bits per heavy atom. The Kier molecular flexibility index (Phi) is 3.10. The van der Waals surface area contributed by atoms with Gasteiger partial charge in [-0.3, -0.25) is 4.79 Å². The summed E-state index contributed by atoms with van der Waals surface area (Å²) in [5.74, 6) is 0.259. The lowest BCUT2D eigenvalue weighted by molar-refractivity contribution is -0.119. The second-order valence-corrected chi connectivity index (χ2v) is 6.32. The molecule has 7 heteroatoms. The van der Waals surface area contributed by atoms with Crippen LogP contribution in [0.3, 0.4) is 0 Å². The van der Waals surface area contributed by atoms with Crippen molar-refractivity contribution in [1.82, 2.24) is 9.97 Å². The van der Waals surface area contributed by atoms with Gasteiger partial charge in [0.1, 0.15) is 23.0 Å². The van der Waals surface area contributed by atoms with Crippen molar-refractivity contribution < 1.29 is 9.90 Å². The Morgan fingerprint density at radius 1 is 1.50 bits per heavy atom. The Labute approximate surface area is 120 Å². The predicted octanol–water partition coefficient (Wildman–Crippen LogP) is 0.733. The summed E-state index contributed by atoms with van der Waals surface area (Å²) >= 11 is 1.61.